The molecule has 1 aliphatic rings. The van der Waals surface area contributed by atoms with Crippen LogP contribution in [0.4, 0.5) is 4.39 Å². The third-order valence-corrected chi connectivity index (χ3v) is 4.64. The minimum atomic E-state index is -0.692. The number of pyridine rings is 1. The summed E-state index contributed by atoms with van der Waals surface area (Å²) in [4.78, 5) is 10.7. The van der Waals surface area contributed by atoms with Gasteiger partial charge in [0.2, 0.25) is 0 Å². The maximum atomic E-state index is 13.2. The van der Waals surface area contributed by atoms with Crippen molar-refractivity contribution in [2.45, 2.75) is 32.2 Å². The predicted octanol–water partition coefficient (Wildman–Crippen LogP) is 2.68. The summed E-state index contributed by atoms with van der Waals surface area (Å²) in [6, 6.07) is 9.99. The van der Waals surface area contributed by atoms with Crippen LogP contribution in [0.1, 0.15) is 37.2 Å². The molecule has 0 radical (unpaired) electrons. The predicted molar refractivity (Wildman–Crippen MR) is 106 cm³/mol. The topological polar surface area (TPSA) is 70.0 Å². The molecule has 1 aromatic heterocycles. The highest BCUT2D eigenvalue weighted by atomic mass is 19.1. The van der Waals surface area contributed by atoms with Crippen molar-refractivity contribution in [2.24, 2.45) is 4.99 Å². The van der Waals surface area contributed by atoms with Gasteiger partial charge in [-0.25, -0.2) is 4.39 Å². The van der Waals surface area contributed by atoms with Crippen molar-refractivity contribution < 1.29 is 14.2 Å². The molecule has 0 aliphatic carbocycles. The number of aliphatic hydroxyl groups excluding tert-OH is 1. The molecule has 1 aliphatic heterocycles. The molecule has 6 nitrogen and oxygen atoms in total. The fourth-order valence-electron chi connectivity index (χ4n) is 3.28. The van der Waals surface area contributed by atoms with Gasteiger partial charge in [-0.15, -0.1) is 0 Å². The van der Waals surface area contributed by atoms with E-state index in [1.807, 2.05) is 13.8 Å². The Kier molecular flexibility index (Phi) is 6.95. The Morgan fingerprint density at radius 1 is 1.29 bits per heavy atom. The van der Waals surface area contributed by atoms with Gasteiger partial charge in [-0.2, -0.15) is 0 Å². The highest BCUT2D eigenvalue weighted by Crippen LogP contribution is 2.25. The first-order valence-electron chi connectivity index (χ1n) is 9.59. The molecule has 1 fully saturated rings. The first-order chi connectivity index (χ1) is 13.6. The number of benzene rings is 1. The van der Waals surface area contributed by atoms with E-state index in [1.54, 1.807) is 36.7 Å². The van der Waals surface area contributed by atoms with Crippen LogP contribution in [0.5, 0.6) is 0 Å². The number of ether oxygens (including phenoxy) is 1. The van der Waals surface area contributed by atoms with Crippen LogP contribution in [-0.2, 0) is 4.74 Å². The Bertz CT molecular complexity index is 770. The van der Waals surface area contributed by atoms with Crippen molar-refractivity contribution >= 4 is 5.96 Å². The number of aliphatic imine (C=N–C) groups is 1. The number of aliphatic hydroxyl groups is 1. The van der Waals surface area contributed by atoms with E-state index in [0.717, 1.165) is 23.6 Å². The second kappa shape index (κ2) is 9.61. The molecular weight excluding hydrogens is 359 g/mol. The minimum Gasteiger partial charge on any atom is -0.386 e. The molecule has 3 rings (SSSR count). The Labute approximate surface area is 165 Å². The van der Waals surface area contributed by atoms with E-state index in [1.165, 1.54) is 12.1 Å². The average Bonchev–Trinajstić information content (AvgIpc) is 2.71. The fourth-order valence-corrected chi connectivity index (χ4v) is 3.28. The zero-order valence-electron chi connectivity index (χ0n) is 16.3. The van der Waals surface area contributed by atoms with Crippen LogP contribution in [-0.4, -0.2) is 53.2 Å². The van der Waals surface area contributed by atoms with Crippen molar-refractivity contribution in [3.8, 4) is 0 Å². The molecule has 0 spiro atoms. The third kappa shape index (κ3) is 5.27. The highest BCUT2D eigenvalue weighted by molar-refractivity contribution is 5.80. The fraction of sp³-hybridized carbons (Fsp3) is 0.429. The second-order valence-corrected chi connectivity index (χ2v) is 6.88. The zero-order valence-corrected chi connectivity index (χ0v) is 16.3. The van der Waals surface area contributed by atoms with Crippen molar-refractivity contribution in [3.05, 3.63) is 65.7 Å². The van der Waals surface area contributed by atoms with Crippen LogP contribution in [0.25, 0.3) is 0 Å². The van der Waals surface area contributed by atoms with E-state index in [0.29, 0.717) is 13.1 Å². The quantitative estimate of drug-likeness (QED) is 0.611. The summed E-state index contributed by atoms with van der Waals surface area (Å²) < 4.78 is 19.3. The molecule has 0 saturated carbocycles. The van der Waals surface area contributed by atoms with E-state index in [2.05, 4.69) is 20.2 Å². The van der Waals surface area contributed by atoms with Crippen LogP contribution in [0.2, 0.25) is 0 Å². The minimum absolute atomic E-state index is 0.00206. The largest absolute Gasteiger partial charge is 0.386 e. The maximum Gasteiger partial charge on any atom is 0.194 e. The van der Waals surface area contributed by atoms with E-state index in [9.17, 15) is 9.50 Å². The van der Waals surface area contributed by atoms with Crippen molar-refractivity contribution in [2.75, 3.05) is 26.2 Å². The molecule has 28 heavy (non-hydrogen) atoms. The number of halogens is 1. The average molecular weight is 386 g/mol. The van der Waals surface area contributed by atoms with Gasteiger partial charge in [0.1, 0.15) is 11.9 Å². The van der Waals surface area contributed by atoms with E-state index < -0.39 is 6.10 Å². The van der Waals surface area contributed by atoms with Crippen molar-refractivity contribution in [1.29, 1.82) is 0 Å². The summed E-state index contributed by atoms with van der Waals surface area (Å²) in [6.45, 7) is 6.28. The molecule has 2 heterocycles. The molecule has 2 aromatic rings. The summed E-state index contributed by atoms with van der Waals surface area (Å²) in [7, 11) is 0. The summed E-state index contributed by atoms with van der Waals surface area (Å²) in [5.74, 6) is 0.474. The number of nitrogens with one attached hydrogen (secondary N) is 1. The number of hydrogen-bond acceptors (Lipinski definition) is 4. The lowest BCUT2D eigenvalue weighted by molar-refractivity contribution is -0.0605. The SMILES string of the molecule is CCNC(=NCC(O)c1ccncc1)N1CC(C)OC(c2ccc(F)cc2)C1. The van der Waals surface area contributed by atoms with Gasteiger partial charge in [0.05, 0.1) is 25.3 Å². The summed E-state index contributed by atoms with van der Waals surface area (Å²) >= 11 is 0. The van der Waals surface area contributed by atoms with Crippen LogP contribution in [0.15, 0.2) is 53.8 Å². The molecule has 0 amide bonds. The first kappa shape index (κ1) is 20.2. The van der Waals surface area contributed by atoms with Gasteiger partial charge >= 0.3 is 0 Å². The molecule has 2 N–H and O–H groups in total. The van der Waals surface area contributed by atoms with Crippen LogP contribution in [0, 0.1) is 5.82 Å². The number of guanidine groups is 1. The second-order valence-electron chi connectivity index (χ2n) is 6.88. The van der Waals surface area contributed by atoms with Crippen molar-refractivity contribution in [1.82, 2.24) is 15.2 Å². The zero-order chi connectivity index (χ0) is 19.9. The van der Waals surface area contributed by atoms with Gasteiger partial charge in [0, 0.05) is 25.5 Å². The molecule has 3 unspecified atom stereocenters. The normalized spacial score (nSPS) is 21.4. The Balaban J connectivity index is 1.73. The molecule has 3 atom stereocenters. The van der Waals surface area contributed by atoms with E-state index in [4.69, 9.17) is 4.74 Å². The number of hydrogen-bond donors (Lipinski definition) is 2. The van der Waals surface area contributed by atoms with Crippen LogP contribution in [0.3, 0.4) is 0 Å². The summed E-state index contributed by atoms with van der Waals surface area (Å²) in [6.07, 6.45) is 2.45. The Morgan fingerprint density at radius 2 is 2.00 bits per heavy atom. The monoisotopic (exact) mass is 386 g/mol. The lowest BCUT2D eigenvalue weighted by Crippen LogP contribution is -2.50. The number of rotatable bonds is 5. The lowest BCUT2D eigenvalue weighted by atomic mass is 10.1. The highest BCUT2D eigenvalue weighted by Gasteiger charge is 2.28. The van der Waals surface area contributed by atoms with E-state index in [-0.39, 0.29) is 24.6 Å². The Hall–Kier alpha value is -2.51. The van der Waals surface area contributed by atoms with Crippen molar-refractivity contribution in [3.63, 3.8) is 0 Å². The standard InChI is InChI=1S/C21H27FN4O2/c1-3-24-21(25-12-19(27)16-8-10-23-11-9-16)26-13-15(2)28-20(14-26)17-4-6-18(22)7-5-17/h4-11,15,19-20,27H,3,12-14H2,1-2H3,(H,24,25). The lowest BCUT2D eigenvalue weighted by Gasteiger charge is -2.38. The first-order valence-corrected chi connectivity index (χ1v) is 9.59. The number of nitrogens with zero attached hydrogens (tertiary/aromatic N) is 3. The molecule has 1 saturated heterocycles. The maximum absolute atomic E-state index is 13.2. The summed E-state index contributed by atoms with van der Waals surface area (Å²) in [5, 5.41) is 13.7. The smallest absolute Gasteiger partial charge is 0.194 e. The molecular formula is C21H27FN4O2. The van der Waals surface area contributed by atoms with Gasteiger partial charge in [-0.3, -0.25) is 9.98 Å². The van der Waals surface area contributed by atoms with Gasteiger partial charge in [-0.1, -0.05) is 12.1 Å². The van der Waals surface area contributed by atoms with E-state index >= 15 is 0 Å². The third-order valence-electron chi connectivity index (χ3n) is 4.64. The van der Waals surface area contributed by atoms with Crippen LogP contribution >= 0.6 is 0 Å². The van der Waals surface area contributed by atoms with Gasteiger partial charge < -0.3 is 20.1 Å². The molecule has 1 aromatic carbocycles. The Morgan fingerprint density at radius 3 is 2.68 bits per heavy atom. The molecule has 7 heteroatoms. The van der Waals surface area contributed by atoms with Gasteiger partial charge in [0.25, 0.3) is 0 Å². The van der Waals surface area contributed by atoms with Gasteiger partial charge in [-0.05, 0) is 49.2 Å². The number of morpholine rings is 1. The number of aromatic nitrogens is 1. The van der Waals surface area contributed by atoms with Crippen LogP contribution < -0.4 is 5.32 Å². The van der Waals surface area contributed by atoms with Gasteiger partial charge in [0.15, 0.2) is 5.96 Å². The molecule has 0 bridgehead atoms. The summed E-state index contributed by atoms with van der Waals surface area (Å²) in [5.41, 5.74) is 1.72. The molecule has 150 valence electrons.